The first-order chi connectivity index (χ1) is 7.25. The molecule has 1 saturated heterocycles. The van der Waals surface area contributed by atoms with Crippen LogP contribution in [-0.2, 0) is 6.42 Å². The van der Waals surface area contributed by atoms with Crippen LogP contribution in [-0.4, -0.2) is 22.5 Å². The Morgan fingerprint density at radius 2 is 2.60 bits per heavy atom. The molecule has 0 bridgehead atoms. The summed E-state index contributed by atoms with van der Waals surface area (Å²) in [5, 5.41) is 0. The number of nitrogens with zero attached hydrogens (tertiary/aromatic N) is 1. The molecule has 2 unspecified atom stereocenters. The van der Waals surface area contributed by atoms with Crippen LogP contribution in [0.1, 0.15) is 37.3 Å². The standard InChI is InChI=1S/C11H18N2OS/c1-8(12)5-10-6-14-11(13-10)9-3-2-4-15-7-9/h6,8-9H,2-5,7,12H2,1H3. The molecule has 0 aromatic carbocycles. The SMILES string of the molecule is CC(N)Cc1coc(C2CCCSC2)n1. The van der Waals surface area contributed by atoms with Gasteiger partial charge >= 0.3 is 0 Å². The molecule has 0 spiro atoms. The number of nitrogens with two attached hydrogens (primary N) is 1. The normalized spacial score (nSPS) is 24.0. The summed E-state index contributed by atoms with van der Waals surface area (Å²) in [5.74, 6) is 3.87. The van der Waals surface area contributed by atoms with Gasteiger partial charge in [-0.3, -0.25) is 0 Å². The predicted octanol–water partition coefficient (Wildman–Crippen LogP) is 2.17. The van der Waals surface area contributed by atoms with E-state index in [9.17, 15) is 0 Å². The second-order valence-corrected chi connectivity index (χ2v) is 5.42. The maximum atomic E-state index is 5.73. The number of hydrogen-bond donors (Lipinski definition) is 1. The predicted molar refractivity (Wildman–Crippen MR) is 63.2 cm³/mol. The van der Waals surface area contributed by atoms with Crippen LogP contribution in [0.15, 0.2) is 10.7 Å². The van der Waals surface area contributed by atoms with Gasteiger partial charge in [-0.05, 0) is 25.5 Å². The van der Waals surface area contributed by atoms with Gasteiger partial charge in [0.05, 0.1) is 5.69 Å². The molecule has 1 aliphatic heterocycles. The van der Waals surface area contributed by atoms with Gasteiger partial charge in [-0.25, -0.2) is 4.98 Å². The molecule has 2 rings (SSSR count). The van der Waals surface area contributed by atoms with E-state index in [1.165, 1.54) is 18.6 Å². The van der Waals surface area contributed by atoms with Crippen molar-refractivity contribution in [1.29, 1.82) is 0 Å². The molecular weight excluding hydrogens is 208 g/mol. The van der Waals surface area contributed by atoms with Crippen LogP contribution in [0.3, 0.4) is 0 Å². The van der Waals surface area contributed by atoms with Gasteiger partial charge in [0.15, 0.2) is 5.89 Å². The van der Waals surface area contributed by atoms with Crippen molar-refractivity contribution in [2.45, 2.75) is 38.1 Å². The second-order valence-electron chi connectivity index (χ2n) is 4.27. The van der Waals surface area contributed by atoms with E-state index in [1.54, 1.807) is 6.26 Å². The molecule has 1 aromatic rings. The lowest BCUT2D eigenvalue weighted by Gasteiger charge is -2.17. The molecule has 2 heterocycles. The lowest BCUT2D eigenvalue weighted by Crippen LogP contribution is -2.18. The van der Waals surface area contributed by atoms with E-state index < -0.39 is 0 Å². The monoisotopic (exact) mass is 226 g/mol. The summed E-state index contributed by atoms with van der Waals surface area (Å²) < 4.78 is 5.52. The van der Waals surface area contributed by atoms with Gasteiger partial charge in [0.25, 0.3) is 0 Å². The van der Waals surface area contributed by atoms with Gasteiger partial charge in [-0.2, -0.15) is 11.8 Å². The van der Waals surface area contributed by atoms with Crippen molar-refractivity contribution in [2.75, 3.05) is 11.5 Å². The third kappa shape index (κ3) is 2.98. The highest BCUT2D eigenvalue weighted by Gasteiger charge is 2.20. The van der Waals surface area contributed by atoms with E-state index in [0.717, 1.165) is 23.8 Å². The smallest absolute Gasteiger partial charge is 0.198 e. The van der Waals surface area contributed by atoms with Crippen LogP contribution in [0.25, 0.3) is 0 Å². The highest BCUT2D eigenvalue weighted by Crippen LogP contribution is 2.30. The molecule has 0 saturated carbocycles. The van der Waals surface area contributed by atoms with Gasteiger partial charge in [0, 0.05) is 24.1 Å². The maximum Gasteiger partial charge on any atom is 0.198 e. The molecule has 2 atom stereocenters. The molecule has 0 radical (unpaired) electrons. The largest absolute Gasteiger partial charge is 0.448 e. The lowest BCUT2D eigenvalue weighted by atomic mass is 10.1. The summed E-state index contributed by atoms with van der Waals surface area (Å²) in [6, 6.07) is 0.156. The molecule has 15 heavy (non-hydrogen) atoms. The minimum absolute atomic E-state index is 0.156. The Hall–Kier alpha value is -0.480. The van der Waals surface area contributed by atoms with E-state index >= 15 is 0 Å². The molecule has 1 aromatic heterocycles. The Balaban J connectivity index is 1.99. The van der Waals surface area contributed by atoms with Gasteiger partial charge in [0.1, 0.15) is 6.26 Å². The Morgan fingerprint density at radius 3 is 3.27 bits per heavy atom. The van der Waals surface area contributed by atoms with Crippen LogP contribution in [0.2, 0.25) is 0 Å². The lowest BCUT2D eigenvalue weighted by molar-refractivity contribution is 0.443. The van der Waals surface area contributed by atoms with Crippen molar-refractivity contribution >= 4 is 11.8 Å². The van der Waals surface area contributed by atoms with E-state index in [1.807, 2.05) is 18.7 Å². The summed E-state index contributed by atoms with van der Waals surface area (Å²) in [5.41, 5.74) is 6.72. The fourth-order valence-electron chi connectivity index (χ4n) is 1.87. The highest BCUT2D eigenvalue weighted by molar-refractivity contribution is 7.99. The van der Waals surface area contributed by atoms with Crippen molar-refractivity contribution in [3.05, 3.63) is 17.8 Å². The molecule has 3 nitrogen and oxygen atoms in total. The molecule has 1 aliphatic rings. The van der Waals surface area contributed by atoms with E-state index in [0.29, 0.717) is 5.92 Å². The van der Waals surface area contributed by atoms with Gasteiger partial charge in [0.2, 0.25) is 0 Å². The molecule has 4 heteroatoms. The van der Waals surface area contributed by atoms with Crippen molar-refractivity contribution in [2.24, 2.45) is 5.73 Å². The molecule has 2 N–H and O–H groups in total. The zero-order chi connectivity index (χ0) is 10.7. The third-order valence-corrected chi connectivity index (χ3v) is 3.83. The Morgan fingerprint density at radius 1 is 1.73 bits per heavy atom. The summed E-state index contributed by atoms with van der Waals surface area (Å²) in [6.07, 6.45) is 5.06. The molecule has 1 fully saturated rings. The van der Waals surface area contributed by atoms with E-state index in [-0.39, 0.29) is 6.04 Å². The summed E-state index contributed by atoms with van der Waals surface area (Å²) >= 11 is 2.00. The molecule has 0 aliphatic carbocycles. The number of hydrogen-bond acceptors (Lipinski definition) is 4. The minimum atomic E-state index is 0.156. The number of oxazole rings is 1. The maximum absolute atomic E-state index is 5.73. The summed E-state index contributed by atoms with van der Waals surface area (Å²) in [7, 11) is 0. The van der Waals surface area contributed by atoms with Gasteiger partial charge < -0.3 is 10.2 Å². The first kappa shape index (κ1) is 11.0. The summed E-state index contributed by atoms with van der Waals surface area (Å²) in [4.78, 5) is 4.51. The zero-order valence-corrected chi connectivity index (χ0v) is 9.93. The average molecular weight is 226 g/mol. The minimum Gasteiger partial charge on any atom is -0.448 e. The second kappa shape index (κ2) is 5.03. The number of rotatable bonds is 3. The first-order valence-corrected chi connectivity index (χ1v) is 6.69. The highest BCUT2D eigenvalue weighted by atomic mass is 32.2. The molecule has 84 valence electrons. The van der Waals surface area contributed by atoms with E-state index in [4.69, 9.17) is 10.2 Å². The topological polar surface area (TPSA) is 52.0 Å². The Bertz CT molecular complexity index is 305. The number of thioether (sulfide) groups is 1. The molecule has 0 amide bonds. The number of aromatic nitrogens is 1. The fourth-order valence-corrected chi connectivity index (χ4v) is 3.00. The van der Waals surface area contributed by atoms with Crippen LogP contribution in [0.4, 0.5) is 0 Å². The third-order valence-electron chi connectivity index (χ3n) is 2.61. The van der Waals surface area contributed by atoms with Crippen LogP contribution in [0, 0.1) is 0 Å². The Labute approximate surface area is 94.8 Å². The summed E-state index contributed by atoms with van der Waals surface area (Å²) in [6.45, 7) is 1.99. The van der Waals surface area contributed by atoms with Crippen molar-refractivity contribution in [3.63, 3.8) is 0 Å². The average Bonchev–Trinajstić information content (AvgIpc) is 2.67. The zero-order valence-electron chi connectivity index (χ0n) is 9.11. The van der Waals surface area contributed by atoms with Gasteiger partial charge in [-0.1, -0.05) is 0 Å². The van der Waals surface area contributed by atoms with Crippen molar-refractivity contribution in [3.8, 4) is 0 Å². The quantitative estimate of drug-likeness (QED) is 0.858. The van der Waals surface area contributed by atoms with Crippen molar-refractivity contribution < 1.29 is 4.42 Å². The fraction of sp³-hybridized carbons (Fsp3) is 0.727. The van der Waals surface area contributed by atoms with Crippen LogP contribution in [0.5, 0.6) is 0 Å². The first-order valence-electron chi connectivity index (χ1n) is 5.53. The van der Waals surface area contributed by atoms with E-state index in [2.05, 4.69) is 4.98 Å². The Kier molecular flexibility index (Phi) is 3.70. The van der Waals surface area contributed by atoms with Gasteiger partial charge in [-0.15, -0.1) is 0 Å². The van der Waals surface area contributed by atoms with Crippen LogP contribution >= 0.6 is 11.8 Å². The van der Waals surface area contributed by atoms with Crippen molar-refractivity contribution in [1.82, 2.24) is 4.98 Å². The van der Waals surface area contributed by atoms with Crippen LogP contribution < -0.4 is 5.73 Å². The molecular formula is C11H18N2OS.